The summed E-state index contributed by atoms with van der Waals surface area (Å²) >= 11 is -1.12. The van der Waals surface area contributed by atoms with E-state index in [0.29, 0.717) is 5.75 Å². The minimum atomic E-state index is -1.12. The van der Waals surface area contributed by atoms with Gasteiger partial charge in [-0.1, -0.05) is 12.1 Å². The first-order valence-electron chi connectivity index (χ1n) is 7.64. The fraction of sp³-hybridized carbons (Fsp3) is 0.389. The summed E-state index contributed by atoms with van der Waals surface area (Å²) in [5.41, 5.74) is 1.98. The van der Waals surface area contributed by atoms with Crippen LogP contribution in [0.3, 0.4) is 0 Å². The van der Waals surface area contributed by atoms with Gasteiger partial charge in [0, 0.05) is 17.1 Å². The van der Waals surface area contributed by atoms with Gasteiger partial charge in [0.2, 0.25) is 0 Å². The molecule has 0 aliphatic rings. The Morgan fingerprint density at radius 2 is 1.91 bits per heavy atom. The molecule has 0 fully saturated rings. The van der Waals surface area contributed by atoms with Gasteiger partial charge < -0.3 is 9.29 Å². The number of nitrogens with zero attached hydrogens (tertiary/aromatic N) is 1. The Morgan fingerprint density at radius 3 is 2.52 bits per heavy atom. The molecule has 0 aliphatic heterocycles. The van der Waals surface area contributed by atoms with Crippen LogP contribution in [0.2, 0.25) is 0 Å². The SMILES string of the molecule is Cc1ccc(Oc2cccc([C@H](C)N[S@+]([O-])C(C)(C)C)c2)cn1. The van der Waals surface area contributed by atoms with Gasteiger partial charge in [-0.3, -0.25) is 4.98 Å². The van der Waals surface area contributed by atoms with E-state index in [1.165, 1.54) is 0 Å². The largest absolute Gasteiger partial charge is 0.598 e. The zero-order valence-electron chi connectivity index (χ0n) is 14.3. The van der Waals surface area contributed by atoms with E-state index in [2.05, 4.69) is 9.71 Å². The number of nitrogens with one attached hydrogen (secondary N) is 1. The van der Waals surface area contributed by atoms with Gasteiger partial charge in [0.1, 0.15) is 16.2 Å². The normalized spacial score (nSPS) is 14.3. The van der Waals surface area contributed by atoms with Crippen molar-refractivity contribution in [3.8, 4) is 11.5 Å². The first-order chi connectivity index (χ1) is 10.8. The molecule has 1 aromatic carbocycles. The van der Waals surface area contributed by atoms with E-state index in [0.717, 1.165) is 17.0 Å². The number of aromatic nitrogens is 1. The van der Waals surface area contributed by atoms with Gasteiger partial charge in [0.15, 0.2) is 0 Å². The second kappa shape index (κ2) is 7.34. The summed E-state index contributed by atoms with van der Waals surface area (Å²) in [6, 6.07) is 11.6. The van der Waals surface area contributed by atoms with Crippen molar-refractivity contribution in [2.45, 2.75) is 45.4 Å². The van der Waals surface area contributed by atoms with Crippen LogP contribution in [-0.4, -0.2) is 14.3 Å². The maximum absolute atomic E-state index is 12.2. The predicted molar refractivity (Wildman–Crippen MR) is 94.9 cm³/mol. The summed E-state index contributed by atoms with van der Waals surface area (Å²) < 4.78 is 20.9. The molecule has 2 aromatic rings. The van der Waals surface area contributed by atoms with Gasteiger partial charge in [-0.2, -0.15) is 0 Å². The zero-order chi connectivity index (χ0) is 17.0. The standard InChI is InChI=1S/C18H24N2O2S/c1-13-9-10-17(12-19-13)22-16-8-6-7-15(11-16)14(2)20-23(21)18(3,4)5/h6-12,14,20H,1-5H3/t14-,23+/m0/s1. The smallest absolute Gasteiger partial charge is 0.145 e. The van der Waals surface area contributed by atoms with E-state index < -0.39 is 11.4 Å². The lowest BCUT2D eigenvalue weighted by Crippen LogP contribution is -2.40. The summed E-state index contributed by atoms with van der Waals surface area (Å²) in [4.78, 5) is 4.22. The van der Waals surface area contributed by atoms with E-state index in [1.807, 2.05) is 71.0 Å². The summed E-state index contributed by atoms with van der Waals surface area (Å²) in [7, 11) is 0. The van der Waals surface area contributed by atoms with Crippen molar-refractivity contribution in [1.29, 1.82) is 0 Å². The zero-order valence-corrected chi connectivity index (χ0v) is 15.1. The summed E-state index contributed by atoms with van der Waals surface area (Å²) in [6.45, 7) is 9.79. The molecule has 0 amide bonds. The molecule has 0 unspecified atom stereocenters. The van der Waals surface area contributed by atoms with Crippen molar-refractivity contribution in [3.05, 3.63) is 53.9 Å². The van der Waals surface area contributed by atoms with Crippen LogP contribution in [0.15, 0.2) is 42.6 Å². The monoisotopic (exact) mass is 332 g/mol. The molecule has 0 saturated carbocycles. The molecule has 124 valence electrons. The van der Waals surface area contributed by atoms with Crippen molar-refractivity contribution in [2.75, 3.05) is 0 Å². The van der Waals surface area contributed by atoms with Crippen LogP contribution in [0.25, 0.3) is 0 Å². The number of rotatable bonds is 5. The predicted octanol–water partition coefficient (Wildman–Crippen LogP) is 4.30. The van der Waals surface area contributed by atoms with E-state index in [1.54, 1.807) is 6.20 Å². The van der Waals surface area contributed by atoms with Crippen molar-refractivity contribution < 1.29 is 9.29 Å². The second-order valence-electron chi connectivity index (χ2n) is 6.53. The third-order valence-electron chi connectivity index (χ3n) is 3.32. The van der Waals surface area contributed by atoms with Gasteiger partial charge in [-0.05, 0) is 64.4 Å². The van der Waals surface area contributed by atoms with Crippen molar-refractivity contribution in [3.63, 3.8) is 0 Å². The maximum Gasteiger partial charge on any atom is 0.145 e. The van der Waals surface area contributed by atoms with Gasteiger partial charge in [-0.25, -0.2) is 0 Å². The number of pyridine rings is 1. The van der Waals surface area contributed by atoms with E-state index in [-0.39, 0.29) is 10.8 Å². The molecule has 2 rings (SSSR count). The number of hydrogen-bond acceptors (Lipinski definition) is 4. The Morgan fingerprint density at radius 1 is 1.17 bits per heavy atom. The Bertz CT molecular complexity index is 638. The first kappa shape index (κ1) is 17.8. The number of hydrogen-bond donors (Lipinski definition) is 1. The first-order valence-corrected chi connectivity index (χ1v) is 8.79. The van der Waals surface area contributed by atoms with Gasteiger partial charge in [0.25, 0.3) is 0 Å². The lowest BCUT2D eigenvalue weighted by Gasteiger charge is -2.26. The van der Waals surface area contributed by atoms with Crippen LogP contribution in [0.4, 0.5) is 0 Å². The fourth-order valence-electron chi connectivity index (χ4n) is 1.90. The molecule has 0 radical (unpaired) electrons. The molecule has 2 atom stereocenters. The van der Waals surface area contributed by atoms with Crippen molar-refractivity contribution in [2.24, 2.45) is 0 Å². The molecule has 0 saturated heterocycles. The Kier molecular flexibility index (Phi) is 5.68. The second-order valence-corrected chi connectivity index (χ2v) is 8.53. The van der Waals surface area contributed by atoms with Crippen LogP contribution >= 0.6 is 0 Å². The van der Waals surface area contributed by atoms with Gasteiger partial charge in [0.05, 0.1) is 12.2 Å². The van der Waals surface area contributed by atoms with E-state index in [4.69, 9.17) is 4.74 Å². The Balaban J connectivity index is 2.08. The van der Waals surface area contributed by atoms with Crippen LogP contribution in [0.5, 0.6) is 11.5 Å². The average molecular weight is 332 g/mol. The minimum Gasteiger partial charge on any atom is -0.598 e. The molecule has 1 aromatic heterocycles. The molecule has 1 N–H and O–H groups in total. The molecule has 4 nitrogen and oxygen atoms in total. The summed E-state index contributed by atoms with van der Waals surface area (Å²) in [6.07, 6.45) is 1.71. The van der Waals surface area contributed by atoms with Crippen LogP contribution in [-0.2, 0) is 11.4 Å². The van der Waals surface area contributed by atoms with Crippen molar-refractivity contribution in [1.82, 2.24) is 9.71 Å². The van der Waals surface area contributed by atoms with E-state index >= 15 is 0 Å². The Labute approximate surface area is 141 Å². The highest BCUT2D eigenvalue weighted by Gasteiger charge is 2.28. The number of benzene rings is 1. The Hall–Kier alpha value is -1.56. The molecule has 23 heavy (non-hydrogen) atoms. The van der Waals surface area contributed by atoms with E-state index in [9.17, 15) is 4.55 Å². The van der Waals surface area contributed by atoms with Gasteiger partial charge in [-0.15, -0.1) is 4.72 Å². The number of aryl methyl sites for hydroxylation is 1. The number of ether oxygens (including phenoxy) is 1. The summed E-state index contributed by atoms with van der Waals surface area (Å²) in [5, 5.41) is 0. The molecular weight excluding hydrogens is 308 g/mol. The fourth-order valence-corrected chi connectivity index (χ4v) is 2.71. The third kappa shape index (κ3) is 5.23. The lowest BCUT2D eigenvalue weighted by molar-refractivity contribution is 0.478. The molecule has 5 heteroatoms. The highest BCUT2D eigenvalue weighted by Crippen LogP contribution is 2.25. The van der Waals surface area contributed by atoms with Gasteiger partial charge >= 0.3 is 0 Å². The topological polar surface area (TPSA) is 57.2 Å². The average Bonchev–Trinajstić information content (AvgIpc) is 2.49. The van der Waals surface area contributed by atoms with Crippen LogP contribution in [0.1, 0.15) is 45.0 Å². The van der Waals surface area contributed by atoms with Crippen molar-refractivity contribution >= 4 is 11.4 Å². The molecular formula is C18H24N2O2S. The highest BCUT2D eigenvalue weighted by atomic mass is 32.2. The molecule has 0 bridgehead atoms. The van der Waals surface area contributed by atoms with Crippen LogP contribution < -0.4 is 9.46 Å². The van der Waals surface area contributed by atoms with Crippen LogP contribution in [0, 0.1) is 6.92 Å². The molecule has 0 aliphatic carbocycles. The minimum absolute atomic E-state index is 0.0326. The highest BCUT2D eigenvalue weighted by molar-refractivity contribution is 7.90. The summed E-state index contributed by atoms with van der Waals surface area (Å²) in [5.74, 6) is 1.44. The lowest BCUT2D eigenvalue weighted by atomic mass is 10.1. The molecule has 1 heterocycles. The maximum atomic E-state index is 12.2. The quantitative estimate of drug-likeness (QED) is 0.830. The third-order valence-corrected chi connectivity index (χ3v) is 5.00. The molecule has 0 spiro atoms.